The molecule has 72 valence electrons. The Labute approximate surface area is 83.8 Å². The molecule has 1 N–H and O–H groups in total. The Bertz CT molecular complexity index is 361. The van der Waals surface area contributed by atoms with Crippen LogP contribution in [0.1, 0.15) is 5.56 Å². The summed E-state index contributed by atoms with van der Waals surface area (Å²) in [6, 6.07) is 5.21. The molecule has 0 aromatic heterocycles. The van der Waals surface area contributed by atoms with Crippen molar-refractivity contribution in [2.45, 2.75) is 6.42 Å². The van der Waals surface area contributed by atoms with Crippen LogP contribution in [0.3, 0.4) is 0 Å². The lowest BCUT2D eigenvalue weighted by Crippen LogP contribution is -1.94. The van der Waals surface area contributed by atoms with Gasteiger partial charge in [0.2, 0.25) is 0 Å². The number of phenolic OH excluding ortho intramolecular Hbond substituents is 1. The Morgan fingerprint density at radius 3 is 2.93 bits per heavy atom. The lowest BCUT2D eigenvalue weighted by Gasteiger charge is -2.06. The van der Waals surface area contributed by atoms with Gasteiger partial charge in [-0.25, -0.2) is 0 Å². The number of aromatic hydroxyl groups is 1. The number of terminal acetylenes is 1. The van der Waals surface area contributed by atoms with Crippen molar-refractivity contribution >= 4 is 0 Å². The number of hydrogen-bond donors (Lipinski definition) is 1. The number of benzene rings is 1. The quantitative estimate of drug-likeness (QED) is 0.579. The zero-order valence-corrected chi connectivity index (χ0v) is 7.86. The average Bonchev–Trinajstić information content (AvgIpc) is 2.17. The van der Waals surface area contributed by atoms with Gasteiger partial charge in [-0.3, -0.25) is 0 Å². The summed E-state index contributed by atoms with van der Waals surface area (Å²) in [5.74, 6) is 2.86. The number of phenols is 1. The number of hydrogen-bond acceptors (Lipinski definition) is 2. The monoisotopic (exact) mass is 188 g/mol. The lowest BCUT2D eigenvalue weighted by atomic mass is 10.1. The molecule has 0 heterocycles. The van der Waals surface area contributed by atoms with Crippen LogP contribution < -0.4 is 4.74 Å². The molecule has 0 saturated heterocycles. The maximum atomic E-state index is 9.52. The summed E-state index contributed by atoms with van der Waals surface area (Å²) >= 11 is 0. The van der Waals surface area contributed by atoms with Gasteiger partial charge in [-0.2, -0.15) is 0 Å². The van der Waals surface area contributed by atoms with Crippen LogP contribution in [-0.4, -0.2) is 11.7 Å². The molecule has 0 aliphatic heterocycles. The highest BCUT2D eigenvalue weighted by molar-refractivity contribution is 5.42. The van der Waals surface area contributed by atoms with Crippen molar-refractivity contribution in [3.63, 3.8) is 0 Å². The highest BCUT2D eigenvalue weighted by Gasteiger charge is 2.01. The van der Waals surface area contributed by atoms with Gasteiger partial charge in [0.15, 0.2) is 11.5 Å². The Hall–Kier alpha value is -1.88. The predicted octanol–water partition coefficient (Wildman–Crippen LogP) is 2.13. The summed E-state index contributed by atoms with van der Waals surface area (Å²) in [5.41, 5.74) is 0.991. The Balaban J connectivity index is 2.79. The van der Waals surface area contributed by atoms with Crippen molar-refractivity contribution in [2.24, 2.45) is 0 Å². The molecule has 0 saturated carbocycles. The van der Waals surface area contributed by atoms with Crippen LogP contribution in [0.2, 0.25) is 0 Å². The maximum absolute atomic E-state index is 9.52. The van der Waals surface area contributed by atoms with E-state index in [1.165, 1.54) is 0 Å². The summed E-state index contributed by atoms with van der Waals surface area (Å²) in [6.45, 7) is 3.78. The first-order chi connectivity index (χ1) is 6.77. The zero-order chi connectivity index (χ0) is 10.4. The highest BCUT2D eigenvalue weighted by Crippen LogP contribution is 2.26. The third-order valence-electron chi connectivity index (χ3n) is 1.71. The minimum Gasteiger partial charge on any atom is -0.504 e. The summed E-state index contributed by atoms with van der Waals surface area (Å²) < 4.78 is 5.11. The minimum atomic E-state index is 0.111. The van der Waals surface area contributed by atoms with E-state index in [1.807, 2.05) is 6.07 Å². The summed E-state index contributed by atoms with van der Waals surface area (Å²) in [7, 11) is 0. The predicted molar refractivity (Wildman–Crippen MR) is 56.3 cm³/mol. The second-order valence-corrected chi connectivity index (χ2v) is 2.79. The molecule has 2 heteroatoms. The molecule has 0 radical (unpaired) electrons. The van der Waals surface area contributed by atoms with E-state index in [4.69, 9.17) is 11.2 Å². The van der Waals surface area contributed by atoms with Crippen molar-refractivity contribution in [2.75, 3.05) is 6.61 Å². The van der Waals surface area contributed by atoms with Gasteiger partial charge < -0.3 is 9.84 Å². The summed E-state index contributed by atoms with van der Waals surface area (Å²) in [5, 5.41) is 9.52. The van der Waals surface area contributed by atoms with Crippen molar-refractivity contribution in [3.8, 4) is 23.8 Å². The van der Waals surface area contributed by atoms with E-state index in [2.05, 4.69) is 12.5 Å². The van der Waals surface area contributed by atoms with E-state index in [1.54, 1.807) is 18.2 Å². The van der Waals surface area contributed by atoms with E-state index >= 15 is 0 Å². The second-order valence-electron chi connectivity index (χ2n) is 2.79. The van der Waals surface area contributed by atoms with Crippen LogP contribution in [0.5, 0.6) is 11.5 Å². The number of rotatable bonds is 4. The van der Waals surface area contributed by atoms with Crippen molar-refractivity contribution < 1.29 is 9.84 Å². The molecule has 0 unspecified atom stereocenters. The van der Waals surface area contributed by atoms with Crippen molar-refractivity contribution in [1.82, 2.24) is 0 Å². The normalized spacial score (nSPS) is 9.07. The topological polar surface area (TPSA) is 29.5 Å². The molecule has 0 aliphatic carbocycles. The Morgan fingerprint density at radius 1 is 1.57 bits per heavy atom. The molecule has 2 nitrogen and oxygen atoms in total. The van der Waals surface area contributed by atoms with Gasteiger partial charge in [-0.1, -0.05) is 18.1 Å². The van der Waals surface area contributed by atoms with Crippen LogP contribution in [0.25, 0.3) is 0 Å². The molecular formula is C12H12O2. The summed E-state index contributed by atoms with van der Waals surface area (Å²) in [6.07, 6.45) is 7.53. The van der Waals surface area contributed by atoms with E-state index in [-0.39, 0.29) is 12.4 Å². The fourth-order valence-corrected chi connectivity index (χ4v) is 1.10. The van der Waals surface area contributed by atoms with Gasteiger partial charge in [-0.15, -0.1) is 13.0 Å². The zero-order valence-electron chi connectivity index (χ0n) is 7.86. The fourth-order valence-electron chi connectivity index (χ4n) is 1.10. The summed E-state index contributed by atoms with van der Waals surface area (Å²) in [4.78, 5) is 0. The molecule has 1 aromatic carbocycles. The first kappa shape index (κ1) is 10.2. The second kappa shape index (κ2) is 4.98. The maximum Gasteiger partial charge on any atom is 0.162 e. The largest absolute Gasteiger partial charge is 0.504 e. The first-order valence-electron chi connectivity index (χ1n) is 4.27. The SMILES string of the molecule is C#CCOc1ccc(CC=C)cc1O. The molecule has 0 atom stereocenters. The minimum absolute atomic E-state index is 0.111. The average molecular weight is 188 g/mol. The van der Waals surface area contributed by atoms with Crippen LogP contribution in [-0.2, 0) is 6.42 Å². The van der Waals surface area contributed by atoms with Crippen LogP contribution in [0.15, 0.2) is 30.9 Å². The van der Waals surface area contributed by atoms with E-state index in [0.29, 0.717) is 5.75 Å². The standard InChI is InChI=1S/C12H12O2/c1-3-5-10-6-7-12(11(13)9-10)14-8-4-2/h2-3,6-7,9,13H,1,5,8H2. The molecule has 1 rings (SSSR count). The first-order valence-corrected chi connectivity index (χ1v) is 4.27. The smallest absolute Gasteiger partial charge is 0.162 e. The van der Waals surface area contributed by atoms with Crippen LogP contribution >= 0.6 is 0 Å². The molecule has 14 heavy (non-hydrogen) atoms. The van der Waals surface area contributed by atoms with E-state index in [0.717, 1.165) is 12.0 Å². The van der Waals surface area contributed by atoms with Gasteiger partial charge in [0.05, 0.1) is 0 Å². The Kier molecular flexibility index (Phi) is 3.63. The highest BCUT2D eigenvalue weighted by atomic mass is 16.5. The molecular weight excluding hydrogens is 176 g/mol. The van der Waals surface area contributed by atoms with Gasteiger partial charge in [-0.05, 0) is 24.1 Å². The van der Waals surface area contributed by atoms with Gasteiger partial charge in [0.1, 0.15) is 6.61 Å². The van der Waals surface area contributed by atoms with E-state index < -0.39 is 0 Å². The van der Waals surface area contributed by atoms with Crippen LogP contribution in [0, 0.1) is 12.3 Å². The fraction of sp³-hybridized carbons (Fsp3) is 0.167. The van der Waals surface area contributed by atoms with Crippen molar-refractivity contribution in [1.29, 1.82) is 0 Å². The molecule has 0 amide bonds. The molecule has 0 fully saturated rings. The van der Waals surface area contributed by atoms with Crippen LogP contribution in [0.4, 0.5) is 0 Å². The van der Waals surface area contributed by atoms with Gasteiger partial charge >= 0.3 is 0 Å². The van der Waals surface area contributed by atoms with E-state index in [9.17, 15) is 5.11 Å². The molecule has 0 spiro atoms. The van der Waals surface area contributed by atoms with Crippen molar-refractivity contribution in [3.05, 3.63) is 36.4 Å². The molecule has 0 aliphatic rings. The number of ether oxygens (including phenoxy) is 1. The Morgan fingerprint density at radius 2 is 2.36 bits per heavy atom. The lowest BCUT2D eigenvalue weighted by molar-refractivity contribution is 0.341. The third kappa shape index (κ3) is 2.56. The van der Waals surface area contributed by atoms with Gasteiger partial charge in [0, 0.05) is 0 Å². The van der Waals surface area contributed by atoms with Gasteiger partial charge in [0.25, 0.3) is 0 Å². The molecule has 1 aromatic rings. The number of allylic oxidation sites excluding steroid dienone is 1. The molecule has 0 bridgehead atoms. The third-order valence-corrected chi connectivity index (χ3v) is 1.71.